The Bertz CT molecular complexity index is 581. The van der Waals surface area contributed by atoms with Crippen LogP contribution in [0.1, 0.15) is 0 Å². The monoisotopic (exact) mass is 186 g/mol. The van der Waals surface area contributed by atoms with E-state index >= 15 is 0 Å². The number of pyridine rings is 1. The molecule has 0 bridgehead atoms. The molecule has 0 aliphatic carbocycles. The van der Waals surface area contributed by atoms with Gasteiger partial charge in [0.15, 0.2) is 0 Å². The van der Waals surface area contributed by atoms with E-state index in [9.17, 15) is 4.79 Å². The Morgan fingerprint density at radius 1 is 1.36 bits per heavy atom. The van der Waals surface area contributed by atoms with Gasteiger partial charge in [-0.15, -0.1) is 0 Å². The number of hydrogen-bond donors (Lipinski definition) is 1. The maximum atomic E-state index is 11.3. The number of aromatic amines is 1. The van der Waals surface area contributed by atoms with Gasteiger partial charge in [0.1, 0.15) is 0 Å². The lowest BCUT2D eigenvalue weighted by molar-refractivity contribution is 1.28. The topological polar surface area (TPSA) is 81.6 Å². The summed E-state index contributed by atoms with van der Waals surface area (Å²) >= 11 is 0. The van der Waals surface area contributed by atoms with Gasteiger partial charge in [0.05, 0.1) is 0 Å². The summed E-state index contributed by atoms with van der Waals surface area (Å²) in [5.41, 5.74) is 8.49. The SMILES string of the molecule is [N-]=[N+]=Nc1ccc2cc[nH]c(=O)c2c1. The van der Waals surface area contributed by atoms with E-state index in [0.717, 1.165) is 5.39 Å². The van der Waals surface area contributed by atoms with Crippen molar-refractivity contribution in [2.24, 2.45) is 5.11 Å². The molecule has 1 aromatic carbocycles. The highest BCUT2D eigenvalue weighted by Gasteiger charge is 1.97. The molecular formula is C9H6N4O. The van der Waals surface area contributed by atoms with E-state index in [2.05, 4.69) is 15.0 Å². The van der Waals surface area contributed by atoms with Crippen LogP contribution in [0.25, 0.3) is 21.2 Å². The van der Waals surface area contributed by atoms with Crippen LogP contribution in [0, 0.1) is 0 Å². The van der Waals surface area contributed by atoms with Gasteiger partial charge in [-0.3, -0.25) is 4.79 Å². The molecule has 0 amide bonds. The summed E-state index contributed by atoms with van der Waals surface area (Å²) in [6.07, 6.45) is 1.58. The van der Waals surface area contributed by atoms with Gasteiger partial charge >= 0.3 is 0 Å². The molecular weight excluding hydrogens is 180 g/mol. The van der Waals surface area contributed by atoms with E-state index in [4.69, 9.17) is 5.53 Å². The second-order valence-corrected chi connectivity index (χ2v) is 2.77. The van der Waals surface area contributed by atoms with Crippen molar-refractivity contribution in [1.29, 1.82) is 0 Å². The molecule has 0 saturated carbocycles. The third kappa shape index (κ3) is 1.32. The molecule has 1 heterocycles. The molecule has 5 heteroatoms. The van der Waals surface area contributed by atoms with Gasteiger partial charge in [-0.2, -0.15) is 0 Å². The van der Waals surface area contributed by atoms with Crippen LogP contribution in [-0.4, -0.2) is 4.98 Å². The lowest BCUT2D eigenvalue weighted by atomic mass is 10.1. The van der Waals surface area contributed by atoms with Crippen molar-refractivity contribution in [2.45, 2.75) is 0 Å². The molecule has 0 unspecified atom stereocenters. The summed E-state index contributed by atoms with van der Waals surface area (Å²) in [4.78, 5) is 16.6. The Hall–Kier alpha value is -2.26. The van der Waals surface area contributed by atoms with Crippen molar-refractivity contribution in [3.63, 3.8) is 0 Å². The summed E-state index contributed by atoms with van der Waals surface area (Å²) in [5, 5.41) is 4.78. The first-order valence-corrected chi connectivity index (χ1v) is 3.98. The average Bonchev–Trinajstić information content (AvgIpc) is 2.20. The maximum Gasteiger partial charge on any atom is 0.255 e. The van der Waals surface area contributed by atoms with Crippen LogP contribution in [0.5, 0.6) is 0 Å². The summed E-state index contributed by atoms with van der Waals surface area (Å²) < 4.78 is 0. The second-order valence-electron chi connectivity index (χ2n) is 2.77. The second kappa shape index (κ2) is 3.24. The molecule has 0 fully saturated rings. The number of hydrogen-bond acceptors (Lipinski definition) is 2. The predicted molar refractivity (Wildman–Crippen MR) is 53.4 cm³/mol. The number of benzene rings is 1. The quantitative estimate of drug-likeness (QED) is 0.414. The normalized spacial score (nSPS) is 9.71. The molecule has 0 spiro atoms. The first-order valence-electron chi connectivity index (χ1n) is 3.98. The van der Waals surface area contributed by atoms with E-state index in [-0.39, 0.29) is 5.56 Å². The van der Waals surface area contributed by atoms with Gasteiger partial charge in [-0.1, -0.05) is 17.2 Å². The molecule has 2 aromatic rings. The van der Waals surface area contributed by atoms with E-state index in [1.807, 2.05) is 0 Å². The summed E-state index contributed by atoms with van der Waals surface area (Å²) in [6, 6.07) is 6.76. The van der Waals surface area contributed by atoms with Crippen LogP contribution in [-0.2, 0) is 0 Å². The highest BCUT2D eigenvalue weighted by atomic mass is 16.1. The van der Waals surface area contributed by atoms with E-state index in [0.29, 0.717) is 11.1 Å². The van der Waals surface area contributed by atoms with E-state index in [1.165, 1.54) is 0 Å². The molecule has 0 saturated heterocycles. The van der Waals surface area contributed by atoms with Crippen molar-refractivity contribution >= 4 is 16.5 Å². The fraction of sp³-hybridized carbons (Fsp3) is 0. The molecule has 14 heavy (non-hydrogen) atoms. The molecule has 1 N–H and O–H groups in total. The summed E-state index contributed by atoms with van der Waals surface area (Å²) in [6.45, 7) is 0. The minimum absolute atomic E-state index is 0.183. The van der Waals surface area contributed by atoms with Crippen LogP contribution in [0.2, 0.25) is 0 Å². The zero-order chi connectivity index (χ0) is 9.97. The zero-order valence-corrected chi connectivity index (χ0v) is 7.14. The Morgan fingerprint density at radius 2 is 2.21 bits per heavy atom. The van der Waals surface area contributed by atoms with Crippen LogP contribution >= 0.6 is 0 Å². The van der Waals surface area contributed by atoms with E-state index < -0.39 is 0 Å². The van der Waals surface area contributed by atoms with Crippen molar-refractivity contribution < 1.29 is 0 Å². The van der Waals surface area contributed by atoms with Crippen molar-refractivity contribution in [1.82, 2.24) is 4.98 Å². The lowest BCUT2D eigenvalue weighted by Gasteiger charge is -1.96. The average molecular weight is 186 g/mol. The molecule has 0 aliphatic heterocycles. The largest absolute Gasteiger partial charge is 0.329 e. The predicted octanol–water partition coefficient (Wildman–Crippen LogP) is 2.47. The van der Waals surface area contributed by atoms with Crippen LogP contribution in [0.15, 0.2) is 40.4 Å². The number of nitrogens with one attached hydrogen (secondary N) is 1. The van der Waals surface area contributed by atoms with Gasteiger partial charge in [0.2, 0.25) is 0 Å². The Balaban J connectivity index is 2.82. The van der Waals surface area contributed by atoms with Gasteiger partial charge < -0.3 is 4.98 Å². The molecule has 1 aromatic heterocycles. The first kappa shape index (κ1) is 8.34. The van der Waals surface area contributed by atoms with Crippen LogP contribution in [0.4, 0.5) is 5.69 Å². The lowest BCUT2D eigenvalue weighted by Crippen LogP contribution is -2.03. The molecule has 68 valence electrons. The highest BCUT2D eigenvalue weighted by molar-refractivity contribution is 5.83. The summed E-state index contributed by atoms with van der Waals surface area (Å²) in [5.74, 6) is 0. The number of rotatable bonds is 1. The van der Waals surface area contributed by atoms with Gasteiger partial charge in [0.25, 0.3) is 5.56 Å². The van der Waals surface area contributed by atoms with Crippen LogP contribution in [0.3, 0.4) is 0 Å². The fourth-order valence-corrected chi connectivity index (χ4v) is 1.28. The van der Waals surface area contributed by atoms with Crippen LogP contribution < -0.4 is 5.56 Å². The third-order valence-corrected chi connectivity index (χ3v) is 1.92. The summed E-state index contributed by atoms with van der Waals surface area (Å²) in [7, 11) is 0. The number of nitrogens with zero attached hydrogens (tertiary/aromatic N) is 3. The highest BCUT2D eigenvalue weighted by Crippen LogP contribution is 2.17. The number of fused-ring (bicyclic) bond motifs is 1. The van der Waals surface area contributed by atoms with Gasteiger partial charge in [0, 0.05) is 22.2 Å². The van der Waals surface area contributed by atoms with Crippen molar-refractivity contribution in [2.75, 3.05) is 0 Å². The number of aromatic nitrogens is 1. The standard InChI is InChI=1S/C9H6N4O/c10-13-12-7-2-1-6-3-4-11-9(14)8(6)5-7/h1-5H,(H,11,14). The Labute approximate surface area is 78.6 Å². The number of H-pyrrole nitrogens is 1. The Kier molecular flexibility index (Phi) is 1.93. The molecule has 5 nitrogen and oxygen atoms in total. The molecule has 0 atom stereocenters. The molecule has 2 rings (SSSR count). The minimum Gasteiger partial charge on any atom is -0.329 e. The first-order chi connectivity index (χ1) is 6.81. The smallest absolute Gasteiger partial charge is 0.255 e. The third-order valence-electron chi connectivity index (χ3n) is 1.92. The Morgan fingerprint density at radius 3 is 3.00 bits per heavy atom. The van der Waals surface area contributed by atoms with Crippen molar-refractivity contribution in [3.05, 3.63) is 51.3 Å². The zero-order valence-electron chi connectivity index (χ0n) is 7.14. The van der Waals surface area contributed by atoms with E-state index in [1.54, 1.807) is 30.5 Å². The maximum absolute atomic E-state index is 11.3. The molecule has 0 radical (unpaired) electrons. The van der Waals surface area contributed by atoms with Crippen molar-refractivity contribution in [3.8, 4) is 0 Å². The van der Waals surface area contributed by atoms with Gasteiger partial charge in [-0.25, -0.2) is 0 Å². The number of azide groups is 1. The minimum atomic E-state index is -0.183. The fourth-order valence-electron chi connectivity index (χ4n) is 1.28. The van der Waals surface area contributed by atoms with Gasteiger partial charge in [-0.05, 0) is 23.1 Å². The molecule has 0 aliphatic rings.